The number of rotatable bonds is 4. The smallest absolute Gasteiger partial charge is 0.302 e. The molecule has 0 aromatic carbocycles. The number of halogens is 1. The van der Waals surface area contributed by atoms with E-state index in [9.17, 15) is 14.4 Å². The first-order valence-electron chi connectivity index (χ1n) is 11.1. The zero-order valence-electron chi connectivity index (χ0n) is 18.3. The summed E-state index contributed by atoms with van der Waals surface area (Å²) in [6.07, 6.45) is 3.96. The molecular weight excluding hydrogens is 450 g/mol. The van der Waals surface area contributed by atoms with Crippen LogP contribution in [0.25, 0.3) is 0 Å². The predicted octanol–water partition coefficient (Wildman–Crippen LogP) is -0.253. The molecule has 33 heavy (non-hydrogen) atoms. The van der Waals surface area contributed by atoms with E-state index < -0.39 is 5.91 Å². The van der Waals surface area contributed by atoms with Crippen LogP contribution < -0.4 is 22.1 Å². The third kappa shape index (κ3) is 5.10. The molecule has 3 amide bonds. The predicted molar refractivity (Wildman–Crippen MR) is 122 cm³/mol. The number of hydrogen-bond donors (Lipinski definition) is 4. The van der Waals surface area contributed by atoms with Crippen molar-refractivity contribution >= 4 is 46.9 Å². The van der Waals surface area contributed by atoms with E-state index in [4.69, 9.17) is 23.1 Å². The topological polar surface area (TPSA) is 172 Å². The van der Waals surface area contributed by atoms with E-state index in [0.717, 1.165) is 25.9 Å². The molecule has 0 unspecified atom stereocenters. The van der Waals surface area contributed by atoms with Gasteiger partial charge in [0.05, 0.1) is 5.54 Å². The SMILES string of the molecule is Nc1nc(N)c(C(=O)/N=C2\NCC3(CCN(C(=O)CCC(=O)N4CCCC4)CC3)N2)nc1Cl. The molecule has 1 aromatic rings. The summed E-state index contributed by atoms with van der Waals surface area (Å²) in [5.41, 5.74) is 10.8. The summed E-state index contributed by atoms with van der Waals surface area (Å²) in [6.45, 7) is 3.30. The summed E-state index contributed by atoms with van der Waals surface area (Å²) in [4.78, 5) is 52.6. The Hall–Kier alpha value is -3.15. The Labute approximate surface area is 196 Å². The Kier molecular flexibility index (Phi) is 6.54. The number of hydrogen-bond acceptors (Lipinski definition) is 7. The minimum absolute atomic E-state index is 0.00157. The second kappa shape index (κ2) is 9.38. The Bertz CT molecular complexity index is 985. The number of amides is 3. The Balaban J connectivity index is 1.29. The van der Waals surface area contributed by atoms with Crippen molar-refractivity contribution in [2.75, 3.05) is 44.2 Å². The Morgan fingerprint density at radius 1 is 0.970 bits per heavy atom. The second-order valence-corrected chi connectivity index (χ2v) is 8.98. The van der Waals surface area contributed by atoms with Crippen molar-refractivity contribution < 1.29 is 14.4 Å². The van der Waals surface area contributed by atoms with Gasteiger partial charge < -0.3 is 31.9 Å². The maximum Gasteiger partial charge on any atom is 0.302 e. The first-order chi connectivity index (χ1) is 15.8. The number of carbonyl (C=O) groups excluding carboxylic acids is 3. The van der Waals surface area contributed by atoms with Gasteiger partial charge in [-0.15, -0.1) is 0 Å². The van der Waals surface area contributed by atoms with Gasteiger partial charge in [-0.1, -0.05) is 11.6 Å². The Morgan fingerprint density at radius 3 is 2.21 bits per heavy atom. The normalized spacial score (nSPS) is 20.7. The molecule has 3 saturated heterocycles. The number of nitrogens with zero attached hydrogens (tertiary/aromatic N) is 5. The fourth-order valence-electron chi connectivity index (χ4n) is 4.40. The van der Waals surface area contributed by atoms with Crippen LogP contribution >= 0.6 is 11.6 Å². The molecule has 12 nitrogen and oxygen atoms in total. The van der Waals surface area contributed by atoms with Gasteiger partial charge in [-0.05, 0) is 25.7 Å². The zero-order chi connectivity index (χ0) is 23.6. The van der Waals surface area contributed by atoms with Crippen molar-refractivity contribution in [2.24, 2.45) is 4.99 Å². The molecule has 0 radical (unpaired) electrons. The van der Waals surface area contributed by atoms with E-state index in [1.807, 2.05) is 4.90 Å². The van der Waals surface area contributed by atoms with Crippen LogP contribution in [0.5, 0.6) is 0 Å². The molecular formula is C20H28ClN9O3. The summed E-state index contributed by atoms with van der Waals surface area (Å²) >= 11 is 5.84. The van der Waals surface area contributed by atoms with Crippen LogP contribution in [0.1, 0.15) is 49.0 Å². The summed E-state index contributed by atoms with van der Waals surface area (Å²) in [7, 11) is 0. The average molecular weight is 478 g/mol. The molecule has 6 N–H and O–H groups in total. The molecule has 3 aliphatic rings. The first kappa shape index (κ1) is 23.0. The zero-order valence-corrected chi connectivity index (χ0v) is 19.0. The van der Waals surface area contributed by atoms with E-state index in [1.54, 1.807) is 4.90 Å². The molecule has 3 aliphatic heterocycles. The van der Waals surface area contributed by atoms with Crippen molar-refractivity contribution in [3.05, 3.63) is 10.8 Å². The molecule has 178 valence electrons. The van der Waals surface area contributed by atoms with Gasteiger partial charge in [-0.3, -0.25) is 14.4 Å². The Morgan fingerprint density at radius 2 is 1.58 bits per heavy atom. The van der Waals surface area contributed by atoms with Crippen molar-refractivity contribution in [2.45, 2.75) is 44.1 Å². The quantitative estimate of drug-likeness (QED) is 0.456. The van der Waals surface area contributed by atoms with Gasteiger partial charge in [0.1, 0.15) is 0 Å². The summed E-state index contributed by atoms with van der Waals surface area (Å²) in [5.74, 6) is -0.518. The average Bonchev–Trinajstić information content (AvgIpc) is 3.46. The van der Waals surface area contributed by atoms with E-state index in [-0.39, 0.29) is 52.7 Å². The van der Waals surface area contributed by atoms with Gasteiger partial charge in [0, 0.05) is 45.6 Å². The van der Waals surface area contributed by atoms with Crippen LogP contribution in [0.4, 0.5) is 11.6 Å². The van der Waals surface area contributed by atoms with Crippen LogP contribution in [0, 0.1) is 0 Å². The van der Waals surface area contributed by atoms with E-state index >= 15 is 0 Å². The second-order valence-electron chi connectivity index (χ2n) is 8.63. The van der Waals surface area contributed by atoms with Crippen molar-refractivity contribution in [3.8, 4) is 0 Å². The molecule has 4 rings (SSSR count). The van der Waals surface area contributed by atoms with Crippen molar-refractivity contribution in [1.82, 2.24) is 30.4 Å². The summed E-state index contributed by atoms with van der Waals surface area (Å²) in [6, 6.07) is 0. The maximum atomic E-state index is 12.6. The third-order valence-electron chi connectivity index (χ3n) is 6.38. The monoisotopic (exact) mass is 477 g/mol. The molecule has 0 aliphatic carbocycles. The highest BCUT2D eigenvalue weighted by Crippen LogP contribution is 2.25. The lowest BCUT2D eigenvalue weighted by atomic mass is 9.88. The first-order valence-corrected chi connectivity index (χ1v) is 11.4. The minimum atomic E-state index is -0.691. The fraction of sp³-hybridized carbons (Fsp3) is 0.600. The highest BCUT2D eigenvalue weighted by molar-refractivity contribution is 6.31. The van der Waals surface area contributed by atoms with Gasteiger partial charge >= 0.3 is 5.91 Å². The lowest BCUT2D eigenvalue weighted by Gasteiger charge is -2.38. The highest BCUT2D eigenvalue weighted by Gasteiger charge is 2.40. The lowest BCUT2D eigenvalue weighted by molar-refractivity contribution is -0.137. The molecule has 0 saturated carbocycles. The maximum absolute atomic E-state index is 12.6. The molecule has 1 spiro atoms. The van der Waals surface area contributed by atoms with Crippen molar-refractivity contribution in [1.29, 1.82) is 0 Å². The summed E-state index contributed by atoms with van der Waals surface area (Å²) < 4.78 is 0. The minimum Gasteiger partial charge on any atom is -0.382 e. The number of carbonyl (C=O) groups is 3. The van der Waals surface area contributed by atoms with Crippen LogP contribution in [-0.4, -0.2) is 81.7 Å². The fourth-order valence-corrected chi connectivity index (χ4v) is 4.52. The van der Waals surface area contributed by atoms with E-state index in [1.165, 1.54) is 0 Å². The number of anilines is 2. The van der Waals surface area contributed by atoms with Gasteiger partial charge in [0.25, 0.3) is 0 Å². The van der Waals surface area contributed by atoms with E-state index in [2.05, 4.69) is 25.6 Å². The van der Waals surface area contributed by atoms with Crippen LogP contribution in [0.15, 0.2) is 4.99 Å². The largest absolute Gasteiger partial charge is 0.382 e. The number of likely N-dealkylation sites (tertiary alicyclic amines) is 2. The van der Waals surface area contributed by atoms with Crippen LogP contribution in [0.2, 0.25) is 5.15 Å². The number of piperidine rings is 1. The number of aliphatic imine (C=N–C) groups is 1. The molecule has 1 aromatic heterocycles. The lowest BCUT2D eigenvalue weighted by Crippen LogP contribution is -2.53. The molecule has 3 fully saturated rings. The molecule has 0 atom stereocenters. The van der Waals surface area contributed by atoms with Crippen LogP contribution in [0.3, 0.4) is 0 Å². The third-order valence-corrected chi connectivity index (χ3v) is 6.66. The van der Waals surface area contributed by atoms with E-state index in [0.29, 0.717) is 38.4 Å². The number of nitrogen functional groups attached to an aromatic ring is 2. The number of aromatic nitrogens is 2. The van der Waals surface area contributed by atoms with Gasteiger partial charge in [-0.2, -0.15) is 4.99 Å². The van der Waals surface area contributed by atoms with Gasteiger partial charge in [0.2, 0.25) is 11.8 Å². The number of guanidine groups is 1. The summed E-state index contributed by atoms with van der Waals surface area (Å²) in [5, 5.41) is 6.25. The number of nitrogens with two attached hydrogens (primary N) is 2. The van der Waals surface area contributed by atoms with Crippen molar-refractivity contribution in [3.63, 3.8) is 0 Å². The van der Waals surface area contributed by atoms with Gasteiger partial charge in [0.15, 0.2) is 28.4 Å². The van der Waals surface area contributed by atoms with Gasteiger partial charge in [-0.25, -0.2) is 9.97 Å². The standard InChI is InChI=1S/C20H28ClN9O3/c21-15-17(23)26-16(22)14(25-15)18(33)27-19-24-11-20(28-19)5-9-30(10-6-20)13(32)4-3-12(31)29-7-1-2-8-29/h1-11H2,(H4,22,23,26)(H2,24,27,28,33). The number of nitrogens with one attached hydrogen (secondary N) is 2. The molecule has 0 bridgehead atoms. The molecule has 13 heteroatoms. The van der Waals surface area contributed by atoms with Crippen LogP contribution in [-0.2, 0) is 9.59 Å². The molecule has 4 heterocycles. The highest BCUT2D eigenvalue weighted by atomic mass is 35.5.